The molecule has 0 unspecified atom stereocenters. The third-order valence-corrected chi connectivity index (χ3v) is 8.55. The molecular formula is C33H50N4O7S. The van der Waals surface area contributed by atoms with Gasteiger partial charge < -0.3 is 30.7 Å². The van der Waals surface area contributed by atoms with E-state index in [9.17, 15) is 24.0 Å². The number of hydrogen-bond donors (Lipinski definition) is 5. The molecule has 2 fully saturated rings. The Morgan fingerprint density at radius 1 is 0.911 bits per heavy atom. The first-order chi connectivity index (χ1) is 21.3. The summed E-state index contributed by atoms with van der Waals surface area (Å²) >= 11 is 4.00. The van der Waals surface area contributed by atoms with Crippen molar-refractivity contribution < 1.29 is 33.4 Å². The highest BCUT2D eigenvalue weighted by atomic mass is 32.1. The molecule has 0 radical (unpaired) electrons. The molecule has 1 aliphatic carbocycles. The van der Waals surface area contributed by atoms with E-state index in [4.69, 9.17) is 9.47 Å². The van der Waals surface area contributed by atoms with Crippen LogP contribution in [0, 0.1) is 11.8 Å². The van der Waals surface area contributed by atoms with Crippen LogP contribution in [0.3, 0.4) is 0 Å². The Morgan fingerprint density at radius 2 is 1.58 bits per heavy atom. The van der Waals surface area contributed by atoms with Gasteiger partial charge in [0.05, 0.1) is 17.7 Å². The minimum Gasteiger partial charge on any atom is -0.445 e. The lowest BCUT2D eigenvalue weighted by atomic mass is 9.84. The molecule has 2 aliphatic rings. The Balaban J connectivity index is 1.76. The van der Waals surface area contributed by atoms with E-state index in [1.54, 1.807) is 6.92 Å². The van der Waals surface area contributed by atoms with Crippen LogP contribution in [-0.4, -0.2) is 65.3 Å². The number of thiol groups is 1. The molecule has 4 N–H and O–H groups in total. The molecule has 1 aliphatic heterocycles. The van der Waals surface area contributed by atoms with Crippen molar-refractivity contribution in [2.24, 2.45) is 11.8 Å². The molecule has 0 bridgehead atoms. The Labute approximate surface area is 272 Å². The molecule has 1 saturated heterocycles. The van der Waals surface area contributed by atoms with Crippen molar-refractivity contribution in [2.45, 2.75) is 122 Å². The molecule has 0 spiro atoms. The van der Waals surface area contributed by atoms with Crippen LogP contribution in [0.5, 0.6) is 0 Å². The van der Waals surface area contributed by atoms with Crippen molar-refractivity contribution in [1.29, 1.82) is 0 Å². The van der Waals surface area contributed by atoms with E-state index in [2.05, 4.69) is 33.9 Å². The first-order valence-corrected chi connectivity index (χ1v) is 16.5. The third kappa shape index (κ3) is 12.7. The Hall–Kier alpha value is -3.12. The normalized spacial score (nSPS) is 20.1. The molecule has 3 rings (SSSR count). The van der Waals surface area contributed by atoms with Gasteiger partial charge >= 0.3 is 6.09 Å². The fourth-order valence-electron chi connectivity index (χ4n) is 6.00. The standard InChI is InChI=1S/C33H50N4O7S/c1-21(44-33(2,3)4)27(37-32(42)43-20-23-14-9-6-10-15-23)30(40)35-25(18-22-12-7-5-8-13-22)29(39)36-26(31(41)45)19-24-16-11-17-34-28(24)38/h6,9-10,14-15,21-22,24-27H,5,7-8,11-13,16-20H2,1-4H3,(H,34,38)(H,35,40)(H,36,39)(H,37,42)(H,41,45)/t21-,24+,25+,26+,27+/m1/s1. The van der Waals surface area contributed by atoms with E-state index in [-0.39, 0.29) is 24.9 Å². The van der Waals surface area contributed by atoms with Gasteiger partial charge in [0.25, 0.3) is 0 Å². The molecular weight excluding hydrogens is 596 g/mol. The van der Waals surface area contributed by atoms with Crippen LogP contribution in [0.1, 0.15) is 91.0 Å². The molecule has 5 atom stereocenters. The fraction of sp³-hybridized carbons (Fsp3) is 0.667. The van der Waals surface area contributed by atoms with Crippen molar-refractivity contribution in [1.82, 2.24) is 21.3 Å². The quantitative estimate of drug-likeness (QED) is 0.193. The maximum atomic E-state index is 13.8. The van der Waals surface area contributed by atoms with Crippen LogP contribution in [0.2, 0.25) is 0 Å². The molecule has 1 heterocycles. The fourth-order valence-corrected chi connectivity index (χ4v) is 6.17. The predicted octanol–water partition coefficient (Wildman–Crippen LogP) is 3.80. The number of hydrogen-bond acceptors (Lipinski definition) is 7. The molecule has 1 saturated carbocycles. The Kier molecular flexibility index (Phi) is 14.2. The number of piperidine rings is 1. The summed E-state index contributed by atoms with van der Waals surface area (Å²) in [5, 5.41) is 10.5. The highest BCUT2D eigenvalue weighted by molar-refractivity contribution is 7.96. The average Bonchev–Trinajstić information content (AvgIpc) is 2.99. The summed E-state index contributed by atoms with van der Waals surface area (Å²) in [6, 6.07) is 6.01. The second kappa shape index (κ2) is 17.5. The number of amides is 4. The van der Waals surface area contributed by atoms with Crippen LogP contribution in [-0.2, 0) is 35.3 Å². The highest BCUT2D eigenvalue weighted by Crippen LogP contribution is 2.28. The van der Waals surface area contributed by atoms with Crippen LogP contribution < -0.4 is 21.3 Å². The summed E-state index contributed by atoms with van der Waals surface area (Å²) in [6.07, 6.45) is 5.36. The van der Waals surface area contributed by atoms with Gasteiger partial charge in [-0.1, -0.05) is 62.4 Å². The zero-order valence-corrected chi connectivity index (χ0v) is 27.8. The van der Waals surface area contributed by atoms with Gasteiger partial charge in [0.2, 0.25) is 22.8 Å². The molecule has 12 heteroatoms. The van der Waals surface area contributed by atoms with Crippen molar-refractivity contribution in [3.63, 3.8) is 0 Å². The SMILES string of the molecule is C[C@@H](OC(C)(C)C)[C@H](NC(=O)OCc1ccccc1)C(=O)N[C@@H](CC1CCCCC1)C(=O)N[C@@H](C[C@@H]1CCCNC1=O)C(=O)S. The van der Waals surface area contributed by atoms with Crippen LogP contribution in [0.15, 0.2) is 30.3 Å². The number of carbonyl (C=O) groups is 5. The second-order valence-electron chi connectivity index (χ2n) is 13.2. The van der Waals surface area contributed by atoms with Gasteiger partial charge in [0, 0.05) is 12.5 Å². The first-order valence-electron chi connectivity index (χ1n) is 16.1. The molecule has 250 valence electrons. The minimum absolute atomic E-state index is 0.0143. The van der Waals surface area contributed by atoms with E-state index in [0.717, 1.165) is 44.1 Å². The largest absolute Gasteiger partial charge is 0.445 e. The van der Waals surface area contributed by atoms with Crippen LogP contribution >= 0.6 is 12.6 Å². The van der Waals surface area contributed by atoms with Crippen LogP contribution in [0.4, 0.5) is 4.79 Å². The smallest absolute Gasteiger partial charge is 0.408 e. The molecule has 11 nitrogen and oxygen atoms in total. The van der Waals surface area contributed by atoms with Gasteiger partial charge in [0.15, 0.2) is 0 Å². The Bertz CT molecular complexity index is 1150. The van der Waals surface area contributed by atoms with Gasteiger partial charge in [-0.3, -0.25) is 19.2 Å². The van der Waals surface area contributed by atoms with Crippen molar-refractivity contribution in [2.75, 3.05) is 6.54 Å². The summed E-state index contributed by atoms with van der Waals surface area (Å²) in [6.45, 7) is 7.80. The first kappa shape index (κ1) is 36.3. The van der Waals surface area contributed by atoms with Crippen molar-refractivity contribution in [3.05, 3.63) is 35.9 Å². The maximum Gasteiger partial charge on any atom is 0.408 e. The van der Waals surface area contributed by atoms with Gasteiger partial charge in [0.1, 0.15) is 18.7 Å². The number of benzene rings is 1. The maximum absolute atomic E-state index is 13.8. The number of nitrogens with one attached hydrogen (secondary N) is 4. The van der Waals surface area contributed by atoms with Gasteiger partial charge in [-0.15, -0.1) is 12.6 Å². The molecule has 1 aromatic carbocycles. The number of carbonyl (C=O) groups excluding carboxylic acids is 5. The molecule has 45 heavy (non-hydrogen) atoms. The van der Waals surface area contributed by atoms with E-state index in [1.165, 1.54) is 0 Å². The monoisotopic (exact) mass is 646 g/mol. The van der Waals surface area contributed by atoms with E-state index in [0.29, 0.717) is 19.4 Å². The number of ether oxygens (including phenoxy) is 2. The predicted molar refractivity (Wildman–Crippen MR) is 173 cm³/mol. The zero-order valence-electron chi connectivity index (χ0n) is 26.9. The lowest BCUT2D eigenvalue weighted by Gasteiger charge is -2.33. The number of rotatable bonds is 14. The molecule has 4 amide bonds. The van der Waals surface area contributed by atoms with Crippen LogP contribution in [0.25, 0.3) is 0 Å². The Morgan fingerprint density at radius 3 is 2.20 bits per heavy atom. The third-order valence-electron chi connectivity index (χ3n) is 8.24. The van der Waals surface area contributed by atoms with E-state index < -0.39 is 58.8 Å². The summed E-state index contributed by atoms with van der Waals surface area (Å²) in [5.74, 6) is -1.51. The van der Waals surface area contributed by atoms with Gasteiger partial charge in [-0.2, -0.15) is 0 Å². The van der Waals surface area contributed by atoms with E-state index >= 15 is 0 Å². The summed E-state index contributed by atoms with van der Waals surface area (Å²) in [5.41, 5.74) is 0.161. The summed E-state index contributed by atoms with van der Waals surface area (Å²) in [7, 11) is 0. The minimum atomic E-state index is -1.18. The van der Waals surface area contributed by atoms with Gasteiger partial charge in [-0.25, -0.2) is 4.79 Å². The van der Waals surface area contributed by atoms with E-state index in [1.807, 2.05) is 51.1 Å². The topological polar surface area (TPSA) is 152 Å². The highest BCUT2D eigenvalue weighted by Gasteiger charge is 2.36. The second-order valence-corrected chi connectivity index (χ2v) is 13.6. The number of alkyl carbamates (subject to hydrolysis) is 1. The van der Waals surface area contributed by atoms with Crippen molar-refractivity contribution in [3.8, 4) is 0 Å². The lowest BCUT2D eigenvalue weighted by Crippen LogP contribution is -2.59. The molecule has 0 aromatic heterocycles. The zero-order chi connectivity index (χ0) is 33.0. The van der Waals surface area contributed by atoms with Gasteiger partial charge in [-0.05, 0) is 64.9 Å². The molecule has 1 aromatic rings. The lowest BCUT2D eigenvalue weighted by molar-refractivity contribution is -0.136. The average molecular weight is 647 g/mol. The van der Waals surface area contributed by atoms with Crippen molar-refractivity contribution >= 4 is 41.6 Å². The summed E-state index contributed by atoms with van der Waals surface area (Å²) < 4.78 is 11.4. The summed E-state index contributed by atoms with van der Waals surface area (Å²) in [4.78, 5) is 65.2.